The molecule has 8 aromatic carbocycles. The van der Waals surface area contributed by atoms with E-state index in [-0.39, 0.29) is 0 Å². The monoisotopic (exact) mass is 712 g/mol. The Morgan fingerprint density at radius 3 is 1.50 bits per heavy atom. The Hall–Kier alpha value is -7.43. The van der Waals surface area contributed by atoms with E-state index < -0.39 is 5.41 Å². The fourth-order valence-corrected chi connectivity index (χ4v) is 9.64. The minimum Gasteiger partial charge on any atom is -0.309 e. The largest absolute Gasteiger partial charge is 0.309 e. The predicted octanol–water partition coefficient (Wildman–Crippen LogP) is 12.3. The zero-order valence-electron chi connectivity index (χ0n) is 30.3. The summed E-state index contributed by atoms with van der Waals surface area (Å²) in [4.78, 5) is 15.1. The zero-order chi connectivity index (χ0) is 36.8. The summed E-state index contributed by atoms with van der Waals surface area (Å²) >= 11 is 0. The van der Waals surface area contributed by atoms with Crippen LogP contribution in [-0.4, -0.2) is 19.5 Å². The van der Waals surface area contributed by atoms with Crippen molar-refractivity contribution in [2.75, 3.05) is 0 Å². The maximum Gasteiger partial charge on any atom is 0.164 e. The SMILES string of the molecule is c1ccc(-c2nc(-c3ccccc3)nc(-c3cccc(-n4c5ccccc5c5c6c(ccc54)C4(c5ccccc5-c5ccccc54)c4ccccc4-6)c3)n2)cc1. The molecule has 0 N–H and O–H groups in total. The number of fused-ring (bicyclic) bond motifs is 14. The molecule has 56 heavy (non-hydrogen) atoms. The normalized spacial score (nSPS) is 13.1. The molecule has 1 spiro atoms. The summed E-state index contributed by atoms with van der Waals surface area (Å²) in [5, 5.41) is 2.50. The van der Waals surface area contributed by atoms with E-state index in [0.29, 0.717) is 17.5 Å². The van der Waals surface area contributed by atoms with Gasteiger partial charge in [0.05, 0.1) is 16.4 Å². The molecule has 12 rings (SSSR count). The fraction of sp³-hybridized carbons (Fsp3) is 0.0192. The minimum absolute atomic E-state index is 0.401. The zero-order valence-corrected chi connectivity index (χ0v) is 30.3. The Kier molecular flexibility index (Phi) is 6.52. The Labute approximate surface area is 324 Å². The number of hydrogen-bond acceptors (Lipinski definition) is 3. The van der Waals surface area contributed by atoms with Crippen molar-refractivity contribution in [2.24, 2.45) is 0 Å². The van der Waals surface area contributed by atoms with Crippen LogP contribution in [0.15, 0.2) is 194 Å². The molecule has 0 amide bonds. The van der Waals surface area contributed by atoms with Gasteiger partial charge in [0.1, 0.15) is 0 Å². The molecule has 2 heterocycles. The number of nitrogens with zero attached hydrogens (tertiary/aromatic N) is 4. The Balaban J connectivity index is 1.11. The van der Waals surface area contributed by atoms with Gasteiger partial charge in [-0.1, -0.05) is 170 Å². The number of para-hydroxylation sites is 1. The second kappa shape index (κ2) is 11.8. The molecule has 2 aliphatic carbocycles. The highest BCUT2D eigenvalue weighted by molar-refractivity contribution is 6.19. The van der Waals surface area contributed by atoms with Gasteiger partial charge in [-0.15, -0.1) is 0 Å². The number of aromatic nitrogens is 4. The van der Waals surface area contributed by atoms with Crippen molar-refractivity contribution in [2.45, 2.75) is 5.41 Å². The van der Waals surface area contributed by atoms with Crippen molar-refractivity contribution in [1.29, 1.82) is 0 Å². The average molecular weight is 713 g/mol. The fourth-order valence-electron chi connectivity index (χ4n) is 9.64. The second-order valence-corrected chi connectivity index (χ2v) is 14.7. The van der Waals surface area contributed by atoms with Gasteiger partial charge in [-0.2, -0.15) is 0 Å². The van der Waals surface area contributed by atoms with Crippen LogP contribution in [0.25, 0.3) is 83.9 Å². The van der Waals surface area contributed by atoms with Gasteiger partial charge < -0.3 is 4.57 Å². The first-order valence-corrected chi connectivity index (χ1v) is 19.1. The molecule has 260 valence electrons. The molecule has 2 aliphatic rings. The van der Waals surface area contributed by atoms with E-state index in [4.69, 9.17) is 15.0 Å². The van der Waals surface area contributed by atoms with Gasteiger partial charge in [0.15, 0.2) is 17.5 Å². The molecule has 0 bridgehead atoms. The van der Waals surface area contributed by atoms with Crippen molar-refractivity contribution in [3.8, 4) is 62.1 Å². The van der Waals surface area contributed by atoms with E-state index in [1.165, 1.54) is 60.8 Å². The van der Waals surface area contributed by atoms with E-state index in [2.05, 4.69) is 138 Å². The Morgan fingerprint density at radius 1 is 0.357 bits per heavy atom. The summed E-state index contributed by atoms with van der Waals surface area (Å²) in [5.41, 5.74) is 16.4. The van der Waals surface area contributed by atoms with Gasteiger partial charge in [-0.3, -0.25) is 0 Å². The van der Waals surface area contributed by atoms with E-state index in [1.54, 1.807) is 0 Å². The lowest BCUT2D eigenvalue weighted by molar-refractivity contribution is 0.794. The molecule has 4 nitrogen and oxygen atoms in total. The molecule has 10 aromatic rings. The van der Waals surface area contributed by atoms with Crippen LogP contribution in [0.5, 0.6) is 0 Å². The highest BCUT2D eigenvalue weighted by Crippen LogP contribution is 2.64. The van der Waals surface area contributed by atoms with E-state index in [0.717, 1.165) is 27.9 Å². The number of hydrogen-bond donors (Lipinski definition) is 0. The van der Waals surface area contributed by atoms with Crippen LogP contribution in [0.3, 0.4) is 0 Å². The third kappa shape index (κ3) is 4.21. The third-order valence-corrected chi connectivity index (χ3v) is 11.9. The van der Waals surface area contributed by atoms with Gasteiger partial charge >= 0.3 is 0 Å². The Morgan fingerprint density at radius 2 is 0.857 bits per heavy atom. The molecular formula is C52H32N4. The lowest BCUT2D eigenvalue weighted by Crippen LogP contribution is -2.25. The van der Waals surface area contributed by atoms with E-state index in [9.17, 15) is 0 Å². The van der Waals surface area contributed by atoms with E-state index in [1.807, 2.05) is 60.7 Å². The predicted molar refractivity (Wildman–Crippen MR) is 227 cm³/mol. The summed E-state index contributed by atoms with van der Waals surface area (Å²) in [5.74, 6) is 1.93. The van der Waals surface area contributed by atoms with Gasteiger partial charge in [0.25, 0.3) is 0 Å². The van der Waals surface area contributed by atoms with Crippen LogP contribution in [0.4, 0.5) is 0 Å². The molecule has 2 aromatic heterocycles. The molecule has 0 aliphatic heterocycles. The smallest absolute Gasteiger partial charge is 0.164 e. The molecule has 0 unspecified atom stereocenters. The quantitative estimate of drug-likeness (QED) is 0.182. The molecular weight excluding hydrogens is 681 g/mol. The van der Waals surface area contributed by atoms with Gasteiger partial charge in [0.2, 0.25) is 0 Å². The summed E-state index contributed by atoms with van der Waals surface area (Å²) in [6.45, 7) is 0. The molecule has 0 saturated heterocycles. The minimum atomic E-state index is -0.401. The molecule has 0 radical (unpaired) electrons. The van der Waals surface area contributed by atoms with Crippen LogP contribution in [0.2, 0.25) is 0 Å². The standard InChI is InChI=1S/C52H32N4/c1-3-16-33(17-4-1)49-53-50(34-18-5-2-6-19-34)55-51(54-49)35-20-15-21-36(32-35)56-45-29-14-10-25-40(45)48-46(56)31-30-44-47(48)39-24-9-13-28-43(39)52(44)41-26-11-7-22-37(41)38-23-8-12-27-42(38)52/h1-32H. The summed E-state index contributed by atoms with van der Waals surface area (Å²) < 4.78 is 2.41. The highest BCUT2D eigenvalue weighted by Gasteiger charge is 2.52. The highest BCUT2D eigenvalue weighted by atomic mass is 15.0. The number of rotatable bonds is 4. The van der Waals surface area contributed by atoms with Crippen molar-refractivity contribution in [3.05, 3.63) is 216 Å². The van der Waals surface area contributed by atoms with Crippen molar-refractivity contribution in [3.63, 3.8) is 0 Å². The lowest BCUT2D eigenvalue weighted by atomic mass is 9.70. The summed E-state index contributed by atoms with van der Waals surface area (Å²) in [6, 6.07) is 69.6. The maximum atomic E-state index is 5.06. The van der Waals surface area contributed by atoms with Crippen molar-refractivity contribution >= 4 is 21.8 Å². The second-order valence-electron chi connectivity index (χ2n) is 14.7. The molecule has 0 atom stereocenters. The number of benzene rings is 8. The Bertz CT molecular complexity index is 3090. The lowest BCUT2D eigenvalue weighted by Gasteiger charge is -2.30. The molecule has 4 heteroatoms. The first-order valence-electron chi connectivity index (χ1n) is 19.1. The average Bonchev–Trinajstić information content (AvgIpc) is 3.89. The van der Waals surface area contributed by atoms with Crippen LogP contribution in [0, 0.1) is 0 Å². The summed E-state index contributed by atoms with van der Waals surface area (Å²) in [7, 11) is 0. The summed E-state index contributed by atoms with van der Waals surface area (Å²) in [6.07, 6.45) is 0. The first-order chi connectivity index (χ1) is 27.8. The van der Waals surface area contributed by atoms with Crippen molar-refractivity contribution < 1.29 is 0 Å². The molecule has 0 fully saturated rings. The van der Waals surface area contributed by atoms with Crippen LogP contribution in [-0.2, 0) is 5.41 Å². The van der Waals surface area contributed by atoms with E-state index >= 15 is 0 Å². The van der Waals surface area contributed by atoms with Crippen LogP contribution >= 0.6 is 0 Å². The maximum absolute atomic E-state index is 5.06. The van der Waals surface area contributed by atoms with Crippen LogP contribution < -0.4 is 0 Å². The molecule has 0 saturated carbocycles. The van der Waals surface area contributed by atoms with Gasteiger partial charge in [-0.25, -0.2) is 15.0 Å². The first kappa shape index (κ1) is 31.0. The van der Waals surface area contributed by atoms with Gasteiger partial charge in [0, 0.05) is 33.2 Å². The van der Waals surface area contributed by atoms with Gasteiger partial charge in [-0.05, 0) is 68.8 Å². The van der Waals surface area contributed by atoms with Crippen LogP contribution in [0.1, 0.15) is 22.3 Å². The topological polar surface area (TPSA) is 43.6 Å². The third-order valence-electron chi connectivity index (χ3n) is 11.9. The van der Waals surface area contributed by atoms with Crippen molar-refractivity contribution in [1.82, 2.24) is 19.5 Å².